The average molecular weight is 290 g/mol. The third-order valence-corrected chi connectivity index (χ3v) is 3.54. The predicted molar refractivity (Wildman–Crippen MR) is 72.5 cm³/mol. The van der Waals surface area contributed by atoms with Gasteiger partial charge in [0.15, 0.2) is 0 Å². The minimum Gasteiger partial charge on any atom is -0.391 e. The number of carbonyl (C=O) groups is 1. The summed E-state index contributed by atoms with van der Waals surface area (Å²) in [5.41, 5.74) is 0.508. The number of hydrogen-bond acceptors (Lipinski definition) is 4. The van der Waals surface area contributed by atoms with E-state index in [2.05, 4.69) is 10.1 Å². The normalized spacial score (nSPS) is 18.8. The van der Waals surface area contributed by atoms with Gasteiger partial charge in [0.1, 0.15) is 24.2 Å². The highest BCUT2D eigenvalue weighted by molar-refractivity contribution is 5.94. The minimum atomic E-state index is -0.538. The number of halogens is 1. The number of β-amino-alcohol motifs (C(OH)–C–C–N with tert-alkyl or cyclic N) is 1. The smallest absolute Gasteiger partial charge is 0.254 e. The lowest BCUT2D eigenvalue weighted by molar-refractivity contribution is 0.0473. The topological polar surface area (TPSA) is 71.2 Å². The van der Waals surface area contributed by atoms with Crippen molar-refractivity contribution in [1.82, 2.24) is 19.7 Å². The van der Waals surface area contributed by atoms with Crippen LogP contribution in [0.3, 0.4) is 0 Å². The molecule has 0 radical (unpaired) electrons. The van der Waals surface area contributed by atoms with Crippen LogP contribution >= 0.6 is 0 Å². The molecule has 110 valence electrons. The van der Waals surface area contributed by atoms with E-state index < -0.39 is 11.9 Å². The zero-order chi connectivity index (χ0) is 14.8. The van der Waals surface area contributed by atoms with Gasteiger partial charge >= 0.3 is 0 Å². The monoisotopic (exact) mass is 290 g/mol. The number of benzene rings is 1. The average Bonchev–Trinajstić information content (AvgIpc) is 3.00. The van der Waals surface area contributed by atoms with Gasteiger partial charge < -0.3 is 10.0 Å². The summed E-state index contributed by atoms with van der Waals surface area (Å²) >= 11 is 0. The first kappa shape index (κ1) is 13.7. The molecule has 21 heavy (non-hydrogen) atoms. The number of rotatable bonds is 2. The summed E-state index contributed by atoms with van der Waals surface area (Å²) < 4.78 is 15.4. The van der Waals surface area contributed by atoms with Gasteiger partial charge in [-0.2, -0.15) is 5.10 Å². The molecule has 0 spiro atoms. The van der Waals surface area contributed by atoms with Gasteiger partial charge in [0.2, 0.25) is 0 Å². The third kappa shape index (κ3) is 2.78. The summed E-state index contributed by atoms with van der Waals surface area (Å²) in [5, 5.41) is 13.5. The molecule has 1 amide bonds. The second kappa shape index (κ2) is 5.61. The molecule has 1 N–H and O–H groups in total. The third-order valence-electron chi connectivity index (χ3n) is 3.54. The van der Waals surface area contributed by atoms with Crippen LogP contribution in [0.15, 0.2) is 30.9 Å². The second-order valence-corrected chi connectivity index (χ2v) is 5.05. The number of nitrogens with zero attached hydrogens (tertiary/aromatic N) is 4. The Hall–Kier alpha value is -2.28. The number of aliphatic hydroxyl groups excluding tert-OH is 1. The van der Waals surface area contributed by atoms with Crippen molar-refractivity contribution < 1.29 is 14.3 Å². The van der Waals surface area contributed by atoms with E-state index in [1.54, 1.807) is 11.0 Å². The van der Waals surface area contributed by atoms with E-state index in [9.17, 15) is 14.3 Å². The van der Waals surface area contributed by atoms with Crippen molar-refractivity contribution in [3.63, 3.8) is 0 Å². The van der Waals surface area contributed by atoms with E-state index in [-0.39, 0.29) is 17.2 Å². The molecule has 7 heteroatoms. The highest BCUT2D eigenvalue weighted by Gasteiger charge is 2.23. The first-order valence-corrected chi connectivity index (χ1v) is 6.77. The van der Waals surface area contributed by atoms with Crippen molar-refractivity contribution >= 4 is 5.91 Å². The van der Waals surface area contributed by atoms with Gasteiger partial charge in [0, 0.05) is 18.7 Å². The Labute approximate surface area is 120 Å². The maximum atomic E-state index is 14.1. The summed E-state index contributed by atoms with van der Waals surface area (Å²) in [6.07, 6.45) is 3.66. The first-order valence-electron chi connectivity index (χ1n) is 6.77. The number of aromatic nitrogens is 3. The maximum absolute atomic E-state index is 14.1. The summed E-state index contributed by atoms with van der Waals surface area (Å²) in [6, 6.07) is 4.25. The Kier molecular flexibility index (Phi) is 3.66. The highest BCUT2D eigenvalue weighted by atomic mass is 19.1. The minimum absolute atomic E-state index is 0.239. The lowest BCUT2D eigenvalue weighted by atomic mass is 10.1. The van der Waals surface area contributed by atoms with Gasteiger partial charge in [-0.15, -0.1) is 0 Å². The van der Waals surface area contributed by atoms with E-state index in [0.29, 0.717) is 19.5 Å². The molecular formula is C14H15FN4O2. The molecule has 6 nitrogen and oxygen atoms in total. The van der Waals surface area contributed by atoms with Crippen LogP contribution in [0, 0.1) is 5.82 Å². The predicted octanol–water partition coefficient (Wildman–Crippen LogP) is 1.00. The Balaban J connectivity index is 1.83. The van der Waals surface area contributed by atoms with Crippen molar-refractivity contribution in [3.8, 4) is 5.69 Å². The number of amides is 1. The van der Waals surface area contributed by atoms with Gasteiger partial charge in [-0.3, -0.25) is 4.79 Å². The molecule has 1 atom stereocenters. The van der Waals surface area contributed by atoms with Crippen molar-refractivity contribution in [2.24, 2.45) is 0 Å². The fourth-order valence-corrected chi connectivity index (χ4v) is 2.48. The van der Waals surface area contributed by atoms with Crippen LogP contribution in [0.2, 0.25) is 0 Å². The molecule has 0 aliphatic carbocycles. The number of piperidine rings is 1. The Morgan fingerprint density at radius 1 is 1.43 bits per heavy atom. The quantitative estimate of drug-likeness (QED) is 0.896. The highest BCUT2D eigenvalue weighted by Crippen LogP contribution is 2.18. The summed E-state index contributed by atoms with van der Waals surface area (Å²) in [5.74, 6) is -0.804. The standard InChI is InChI=1S/C14H15FN4O2/c15-12-6-10(3-4-13(12)19-9-16-8-17-19)14(21)18-5-1-2-11(20)7-18/h3-4,6,8-9,11,20H,1-2,5,7H2. The Morgan fingerprint density at radius 2 is 2.29 bits per heavy atom. The zero-order valence-electron chi connectivity index (χ0n) is 11.3. The lowest BCUT2D eigenvalue weighted by Gasteiger charge is -2.30. The van der Waals surface area contributed by atoms with Crippen molar-refractivity contribution in [3.05, 3.63) is 42.2 Å². The second-order valence-electron chi connectivity index (χ2n) is 5.05. The molecule has 0 saturated carbocycles. The molecule has 0 bridgehead atoms. The van der Waals surface area contributed by atoms with Crippen LogP contribution < -0.4 is 0 Å². The number of hydrogen-bond donors (Lipinski definition) is 1. The summed E-state index contributed by atoms with van der Waals surface area (Å²) in [4.78, 5) is 17.6. The zero-order valence-corrected chi connectivity index (χ0v) is 11.3. The molecule has 1 aromatic heterocycles. The molecule has 3 rings (SSSR count). The fraction of sp³-hybridized carbons (Fsp3) is 0.357. The van der Waals surface area contributed by atoms with Crippen LogP contribution in [-0.2, 0) is 0 Å². The molecule has 1 unspecified atom stereocenters. The van der Waals surface area contributed by atoms with Crippen LogP contribution in [0.25, 0.3) is 5.69 Å². The van der Waals surface area contributed by atoms with E-state index >= 15 is 0 Å². The van der Waals surface area contributed by atoms with Gasteiger partial charge in [0.05, 0.1) is 6.10 Å². The number of aliphatic hydroxyl groups is 1. The van der Waals surface area contributed by atoms with Crippen LogP contribution in [0.4, 0.5) is 4.39 Å². The maximum Gasteiger partial charge on any atom is 0.254 e. The molecule has 1 aliphatic heterocycles. The SMILES string of the molecule is O=C(c1ccc(-n2cncn2)c(F)c1)N1CCCC(O)C1. The molecule has 1 saturated heterocycles. The molecule has 1 fully saturated rings. The van der Waals surface area contributed by atoms with Crippen molar-refractivity contribution in [2.75, 3.05) is 13.1 Å². The first-order chi connectivity index (χ1) is 10.1. The number of likely N-dealkylation sites (tertiary alicyclic amines) is 1. The molecular weight excluding hydrogens is 275 g/mol. The number of carbonyl (C=O) groups excluding carboxylic acids is 1. The molecule has 2 heterocycles. The van der Waals surface area contributed by atoms with E-state index in [0.717, 1.165) is 6.42 Å². The van der Waals surface area contributed by atoms with Gasteiger partial charge in [-0.1, -0.05) is 0 Å². The molecule has 1 aromatic carbocycles. The summed E-state index contributed by atoms with van der Waals surface area (Å²) in [7, 11) is 0. The van der Waals surface area contributed by atoms with Crippen molar-refractivity contribution in [1.29, 1.82) is 0 Å². The van der Waals surface area contributed by atoms with Gasteiger partial charge in [-0.25, -0.2) is 14.1 Å². The molecule has 2 aromatic rings. The van der Waals surface area contributed by atoms with Crippen LogP contribution in [-0.4, -0.2) is 49.9 Å². The van der Waals surface area contributed by atoms with Crippen LogP contribution in [0.5, 0.6) is 0 Å². The van der Waals surface area contributed by atoms with Crippen molar-refractivity contribution in [2.45, 2.75) is 18.9 Å². The largest absolute Gasteiger partial charge is 0.391 e. The van der Waals surface area contributed by atoms with E-state index in [1.165, 1.54) is 29.5 Å². The van der Waals surface area contributed by atoms with Gasteiger partial charge in [0.25, 0.3) is 5.91 Å². The molecule has 1 aliphatic rings. The Morgan fingerprint density at radius 3 is 2.95 bits per heavy atom. The lowest BCUT2D eigenvalue weighted by Crippen LogP contribution is -2.42. The van der Waals surface area contributed by atoms with E-state index in [4.69, 9.17) is 0 Å². The fourth-order valence-electron chi connectivity index (χ4n) is 2.48. The van der Waals surface area contributed by atoms with Gasteiger partial charge in [-0.05, 0) is 31.0 Å². The Bertz CT molecular complexity index is 644. The van der Waals surface area contributed by atoms with E-state index in [1.807, 2.05) is 0 Å². The summed E-state index contributed by atoms with van der Waals surface area (Å²) in [6.45, 7) is 0.883. The van der Waals surface area contributed by atoms with Crippen LogP contribution in [0.1, 0.15) is 23.2 Å².